The van der Waals surface area contributed by atoms with Gasteiger partial charge in [-0.2, -0.15) is 18.2 Å². The van der Waals surface area contributed by atoms with Crippen LogP contribution in [0.3, 0.4) is 0 Å². The molecule has 0 fully saturated rings. The number of hydrogen-bond donors (Lipinski definition) is 2. The van der Waals surface area contributed by atoms with Gasteiger partial charge in [0, 0.05) is 30.1 Å². The maximum Gasteiger partial charge on any atom is 0.416 e. The Labute approximate surface area is 219 Å². The molecule has 196 valence electrons. The molecular weight excluding hydrogens is 511 g/mol. The molecule has 0 radical (unpaired) electrons. The van der Waals surface area contributed by atoms with Gasteiger partial charge in [-0.15, -0.1) is 0 Å². The lowest BCUT2D eigenvalue weighted by Crippen LogP contribution is -2.22. The van der Waals surface area contributed by atoms with Crippen LogP contribution in [0.4, 0.5) is 30.5 Å². The number of nitrogens with one attached hydrogen (secondary N) is 2. The van der Waals surface area contributed by atoms with Crippen molar-refractivity contribution in [3.8, 4) is 11.3 Å². The summed E-state index contributed by atoms with van der Waals surface area (Å²) in [6.07, 6.45) is 0.151. The Morgan fingerprint density at radius 1 is 0.974 bits per heavy atom. The normalized spacial score (nSPS) is 11.4. The maximum absolute atomic E-state index is 13.3. The molecule has 3 aromatic heterocycles. The van der Waals surface area contributed by atoms with Crippen molar-refractivity contribution < 1.29 is 18.0 Å². The zero-order chi connectivity index (χ0) is 27.7. The van der Waals surface area contributed by atoms with Gasteiger partial charge in [0.2, 0.25) is 5.95 Å². The third kappa shape index (κ3) is 5.30. The van der Waals surface area contributed by atoms with Crippen LogP contribution in [0, 0.1) is 6.92 Å². The van der Waals surface area contributed by atoms with E-state index in [1.807, 2.05) is 0 Å². The second kappa shape index (κ2) is 9.97. The van der Waals surface area contributed by atoms with E-state index in [-0.39, 0.29) is 22.9 Å². The standard InChI is InChI=1S/C27H20F3N7O2/c1-15-8-9-18(33-24(38)16-5-3-6-17(11-16)27(28,29)30)12-20(15)22-25(39)37(2)23-21(35-22)14-32-26(36-23)34-19-7-4-10-31-13-19/h3-14H,1-2H3,(H,33,38)(H,32,34,36). The first kappa shape index (κ1) is 25.5. The van der Waals surface area contributed by atoms with Crippen LogP contribution in [0.1, 0.15) is 21.5 Å². The minimum atomic E-state index is -4.57. The number of benzene rings is 2. The van der Waals surface area contributed by atoms with Gasteiger partial charge in [0.15, 0.2) is 5.65 Å². The molecule has 0 saturated carbocycles. The molecule has 3 heterocycles. The number of carbonyl (C=O) groups excluding carboxylic acids is 1. The van der Waals surface area contributed by atoms with E-state index in [9.17, 15) is 22.8 Å². The SMILES string of the molecule is Cc1ccc(NC(=O)c2cccc(C(F)(F)F)c2)cc1-c1nc2cnc(Nc3cccnc3)nc2n(C)c1=O. The monoisotopic (exact) mass is 531 g/mol. The maximum atomic E-state index is 13.3. The van der Waals surface area contributed by atoms with Crippen molar-refractivity contribution in [2.45, 2.75) is 13.1 Å². The van der Waals surface area contributed by atoms with Gasteiger partial charge in [-0.3, -0.25) is 19.1 Å². The molecule has 5 aromatic rings. The van der Waals surface area contributed by atoms with Gasteiger partial charge in [-0.25, -0.2) is 9.97 Å². The minimum Gasteiger partial charge on any atom is -0.323 e. The van der Waals surface area contributed by atoms with Crippen LogP contribution in [0.25, 0.3) is 22.4 Å². The van der Waals surface area contributed by atoms with E-state index in [0.29, 0.717) is 28.0 Å². The summed E-state index contributed by atoms with van der Waals surface area (Å²) in [7, 11) is 1.56. The van der Waals surface area contributed by atoms with Crippen molar-refractivity contribution in [2.75, 3.05) is 10.6 Å². The van der Waals surface area contributed by atoms with Crippen molar-refractivity contribution in [1.82, 2.24) is 24.5 Å². The molecule has 39 heavy (non-hydrogen) atoms. The lowest BCUT2D eigenvalue weighted by molar-refractivity contribution is -0.137. The molecule has 0 aliphatic heterocycles. The first-order chi connectivity index (χ1) is 18.6. The number of carbonyl (C=O) groups is 1. The molecule has 0 aliphatic carbocycles. The second-order valence-electron chi connectivity index (χ2n) is 8.66. The first-order valence-electron chi connectivity index (χ1n) is 11.6. The van der Waals surface area contributed by atoms with Crippen LogP contribution in [0.15, 0.2) is 78.0 Å². The molecule has 1 amide bonds. The average Bonchev–Trinajstić information content (AvgIpc) is 2.92. The van der Waals surface area contributed by atoms with E-state index in [0.717, 1.165) is 12.1 Å². The highest BCUT2D eigenvalue weighted by atomic mass is 19.4. The Hall–Kier alpha value is -5.13. The van der Waals surface area contributed by atoms with Crippen LogP contribution < -0.4 is 16.2 Å². The Morgan fingerprint density at radius 2 is 1.79 bits per heavy atom. The topological polar surface area (TPSA) is 115 Å². The van der Waals surface area contributed by atoms with Crippen molar-refractivity contribution in [1.29, 1.82) is 0 Å². The molecule has 2 N–H and O–H groups in total. The number of pyridine rings is 1. The summed E-state index contributed by atoms with van der Waals surface area (Å²) in [5, 5.41) is 5.61. The molecule has 0 saturated heterocycles. The van der Waals surface area contributed by atoms with Crippen LogP contribution in [-0.2, 0) is 13.2 Å². The second-order valence-corrected chi connectivity index (χ2v) is 8.66. The predicted molar refractivity (Wildman–Crippen MR) is 140 cm³/mol. The summed E-state index contributed by atoms with van der Waals surface area (Å²) in [5.41, 5.74) is 1.36. The van der Waals surface area contributed by atoms with Gasteiger partial charge < -0.3 is 10.6 Å². The van der Waals surface area contributed by atoms with Crippen molar-refractivity contribution in [3.05, 3.63) is 100 Å². The van der Waals surface area contributed by atoms with E-state index in [1.54, 1.807) is 56.7 Å². The van der Waals surface area contributed by atoms with Gasteiger partial charge in [-0.1, -0.05) is 12.1 Å². The smallest absolute Gasteiger partial charge is 0.323 e. The average molecular weight is 531 g/mol. The fourth-order valence-corrected chi connectivity index (χ4v) is 3.91. The van der Waals surface area contributed by atoms with Gasteiger partial charge in [0.1, 0.15) is 11.2 Å². The number of alkyl halides is 3. The van der Waals surface area contributed by atoms with E-state index in [1.165, 1.54) is 22.9 Å². The lowest BCUT2D eigenvalue weighted by Gasteiger charge is -2.13. The quantitative estimate of drug-likeness (QED) is 0.324. The summed E-state index contributed by atoms with van der Waals surface area (Å²) < 4.78 is 40.5. The number of nitrogens with zero attached hydrogens (tertiary/aromatic N) is 5. The Kier molecular flexibility index (Phi) is 6.52. The molecule has 5 rings (SSSR count). The van der Waals surface area contributed by atoms with Crippen molar-refractivity contribution in [2.24, 2.45) is 7.05 Å². The number of hydrogen-bond acceptors (Lipinski definition) is 7. The summed E-state index contributed by atoms with van der Waals surface area (Å²) >= 11 is 0. The zero-order valence-electron chi connectivity index (χ0n) is 20.6. The number of aryl methyl sites for hydroxylation is 2. The van der Waals surface area contributed by atoms with E-state index < -0.39 is 23.2 Å². The van der Waals surface area contributed by atoms with Gasteiger partial charge >= 0.3 is 6.18 Å². The van der Waals surface area contributed by atoms with E-state index in [4.69, 9.17) is 0 Å². The third-order valence-electron chi connectivity index (χ3n) is 5.93. The minimum absolute atomic E-state index is 0.106. The number of rotatable bonds is 5. The number of fused-ring (bicyclic) bond motifs is 1. The molecule has 0 unspecified atom stereocenters. The van der Waals surface area contributed by atoms with Gasteiger partial charge in [0.25, 0.3) is 11.5 Å². The van der Waals surface area contributed by atoms with E-state index in [2.05, 4.69) is 30.6 Å². The van der Waals surface area contributed by atoms with Gasteiger partial charge in [-0.05, 0) is 55.0 Å². The summed E-state index contributed by atoms with van der Waals surface area (Å²) in [4.78, 5) is 43.2. The van der Waals surface area contributed by atoms with Crippen molar-refractivity contribution >= 4 is 34.4 Å². The Balaban J connectivity index is 1.47. The molecular formula is C27H20F3N7O2. The molecule has 2 aromatic carbocycles. The highest BCUT2D eigenvalue weighted by Gasteiger charge is 2.31. The van der Waals surface area contributed by atoms with Crippen molar-refractivity contribution in [3.63, 3.8) is 0 Å². The third-order valence-corrected chi connectivity index (χ3v) is 5.93. The lowest BCUT2D eigenvalue weighted by atomic mass is 10.0. The summed E-state index contributed by atoms with van der Waals surface area (Å²) in [5.74, 6) is -0.465. The van der Waals surface area contributed by atoms with Gasteiger partial charge in [0.05, 0.1) is 23.6 Å². The van der Waals surface area contributed by atoms with Crippen LogP contribution >= 0.6 is 0 Å². The summed E-state index contributed by atoms with van der Waals surface area (Å²) in [6.45, 7) is 1.77. The molecule has 9 nitrogen and oxygen atoms in total. The molecule has 0 aliphatic rings. The van der Waals surface area contributed by atoms with Crippen LogP contribution in [0.2, 0.25) is 0 Å². The van der Waals surface area contributed by atoms with E-state index >= 15 is 0 Å². The van der Waals surface area contributed by atoms with Crippen LogP contribution in [-0.4, -0.2) is 30.4 Å². The number of anilines is 3. The Bertz CT molecular complexity index is 1770. The fourth-order valence-electron chi connectivity index (χ4n) is 3.91. The van der Waals surface area contributed by atoms with Crippen LogP contribution in [0.5, 0.6) is 0 Å². The molecule has 0 atom stereocenters. The zero-order valence-corrected chi connectivity index (χ0v) is 20.6. The number of halogens is 3. The highest BCUT2D eigenvalue weighted by molar-refractivity contribution is 6.04. The largest absolute Gasteiger partial charge is 0.416 e. The first-order valence-corrected chi connectivity index (χ1v) is 11.6. The molecule has 12 heteroatoms. The number of amides is 1. The highest BCUT2D eigenvalue weighted by Crippen LogP contribution is 2.30. The Morgan fingerprint density at radius 3 is 2.54 bits per heavy atom. The predicted octanol–water partition coefficient (Wildman–Crippen LogP) is 5.11. The molecule has 0 spiro atoms. The summed E-state index contributed by atoms with van der Waals surface area (Å²) in [6, 6.07) is 12.5. The fraction of sp³-hybridized carbons (Fsp3) is 0.111. The molecule has 0 bridgehead atoms. The number of aromatic nitrogens is 5.